The van der Waals surface area contributed by atoms with E-state index in [4.69, 9.17) is 4.74 Å². The van der Waals surface area contributed by atoms with Crippen molar-refractivity contribution in [2.24, 2.45) is 0 Å². The number of benzene rings is 1. The van der Waals surface area contributed by atoms with E-state index in [2.05, 4.69) is 9.69 Å². The molecule has 1 aromatic heterocycles. The first kappa shape index (κ1) is 16.2. The van der Waals surface area contributed by atoms with Gasteiger partial charge in [0.1, 0.15) is 23.2 Å². The average Bonchev–Trinajstić information content (AvgIpc) is 2.89. The second-order valence-electron chi connectivity index (χ2n) is 4.75. The van der Waals surface area contributed by atoms with E-state index in [9.17, 15) is 9.18 Å². The summed E-state index contributed by atoms with van der Waals surface area (Å²) in [6.07, 6.45) is 0. The van der Waals surface area contributed by atoms with Crippen molar-refractivity contribution in [1.29, 1.82) is 0 Å². The summed E-state index contributed by atoms with van der Waals surface area (Å²) in [7, 11) is 3.48. The lowest BCUT2D eigenvalue weighted by Crippen LogP contribution is -2.31. The van der Waals surface area contributed by atoms with E-state index in [1.807, 2.05) is 6.92 Å². The number of halogens is 1. The molecule has 0 saturated heterocycles. The van der Waals surface area contributed by atoms with Gasteiger partial charge in [-0.2, -0.15) is 4.37 Å². The fraction of sp³-hybridized carbons (Fsp3) is 0.333. The second-order valence-corrected chi connectivity index (χ2v) is 5.52. The lowest BCUT2D eigenvalue weighted by Gasteiger charge is -2.18. The van der Waals surface area contributed by atoms with Crippen molar-refractivity contribution >= 4 is 22.4 Å². The lowest BCUT2D eigenvalue weighted by molar-refractivity contribution is 0.0774. The van der Waals surface area contributed by atoms with Crippen molar-refractivity contribution in [2.75, 3.05) is 32.6 Å². The first-order valence-corrected chi connectivity index (χ1v) is 7.58. The Labute approximate surface area is 132 Å². The number of nitrogens with zero attached hydrogens (tertiary/aromatic N) is 2. The molecule has 2 rings (SSSR count). The average molecular weight is 323 g/mol. The van der Waals surface area contributed by atoms with Gasteiger partial charge in [-0.25, -0.2) is 4.39 Å². The summed E-state index contributed by atoms with van der Waals surface area (Å²) in [6.45, 7) is 2.57. The predicted molar refractivity (Wildman–Crippen MR) is 85.3 cm³/mol. The first-order valence-electron chi connectivity index (χ1n) is 6.80. The summed E-state index contributed by atoms with van der Waals surface area (Å²) in [4.78, 5) is 14.0. The zero-order chi connectivity index (χ0) is 16.1. The molecule has 1 heterocycles. The van der Waals surface area contributed by atoms with Crippen LogP contribution in [-0.2, 0) is 0 Å². The van der Waals surface area contributed by atoms with E-state index < -0.39 is 0 Å². The molecule has 5 nitrogen and oxygen atoms in total. The van der Waals surface area contributed by atoms with Crippen LogP contribution in [-0.4, -0.2) is 42.4 Å². The molecule has 0 spiro atoms. The Morgan fingerprint density at radius 2 is 2.09 bits per heavy atom. The van der Waals surface area contributed by atoms with Crippen molar-refractivity contribution in [1.82, 2.24) is 9.27 Å². The van der Waals surface area contributed by atoms with Crippen LogP contribution in [0.4, 0.5) is 9.39 Å². The smallest absolute Gasteiger partial charge is 0.258 e. The maximum absolute atomic E-state index is 12.8. The van der Waals surface area contributed by atoms with Gasteiger partial charge in [-0.3, -0.25) is 4.79 Å². The second kappa shape index (κ2) is 7.22. The van der Waals surface area contributed by atoms with E-state index in [1.54, 1.807) is 31.1 Å². The number of anilines is 1. The minimum Gasteiger partial charge on any atom is -0.492 e. The molecule has 2 aromatic rings. The molecule has 118 valence electrons. The number of likely N-dealkylation sites (N-methyl/N-ethyl adjacent to an activating group) is 1. The molecule has 1 N–H and O–H groups in total. The number of rotatable bonds is 6. The van der Waals surface area contributed by atoms with Gasteiger partial charge in [0.25, 0.3) is 5.91 Å². The normalized spacial score (nSPS) is 10.4. The Hall–Kier alpha value is -2.15. The summed E-state index contributed by atoms with van der Waals surface area (Å²) in [5.41, 5.74) is 1.31. The molecule has 0 atom stereocenters. The highest BCUT2D eigenvalue weighted by Crippen LogP contribution is 2.25. The Morgan fingerprint density at radius 1 is 1.41 bits per heavy atom. The number of hydrogen-bond acceptors (Lipinski definition) is 5. The third-order valence-corrected chi connectivity index (χ3v) is 4.12. The minimum absolute atomic E-state index is 0.0988. The third-order valence-electron chi connectivity index (χ3n) is 3.16. The lowest BCUT2D eigenvalue weighted by atomic mass is 10.2. The van der Waals surface area contributed by atoms with Crippen LogP contribution in [0.15, 0.2) is 24.3 Å². The van der Waals surface area contributed by atoms with E-state index in [-0.39, 0.29) is 11.7 Å². The predicted octanol–water partition coefficient (Wildman–Crippen LogP) is 2.78. The van der Waals surface area contributed by atoms with Gasteiger partial charge in [0, 0.05) is 14.1 Å². The Bertz CT molecular complexity index is 643. The Morgan fingerprint density at radius 3 is 2.73 bits per heavy atom. The van der Waals surface area contributed by atoms with Crippen LogP contribution in [0.3, 0.4) is 0 Å². The molecule has 22 heavy (non-hydrogen) atoms. The Balaban J connectivity index is 1.91. The SMILES string of the molecule is CNc1snc(C)c1C(=O)N(C)CCOc1ccc(F)cc1. The van der Waals surface area contributed by atoms with E-state index in [1.165, 1.54) is 23.7 Å². The van der Waals surface area contributed by atoms with Crippen molar-refractivity contribution in [2.45, 2.75) is 6.92 Å². The molecule has 0 unspecified atom stereocenters. The molecular weight excluding hydrogens is 305 g/mol. The summed E-state index contributed by atoms with van der Waals surface area (Å²) in [6, 6.07) is 5.79. The van der Waals surface area contributed by atoms with Crippen molar-refractivity contribution in [3.8, 4) is 5.75 Å². The van der Waals surface area contributed by atoms with Gasteiger partial charge in [0.2, 0.25) is 0 Å². The maximum Gasteiger partial charge on any atom is 0.258 e. The highest BCUT2D eigenvalue weighted by Gasteiger charge is 2.20. The fourth-order valence-electron chi connectivity index (χ4n) is 1.92. The molecule has 7 heteroatoms. The summed E-state index contributed by atoms with van der Waals surface area (Å²) < 4.78 is 22.5. The zero-order valence-corrected chi connectivity index (χ0v) is 13.5. The number of amides is 1. The number of aryl methyl sites for hydroxylation is 1. The molecule has 0 aliphatic carbocycles. The summed E-state index contributed by atoms with van der Waals surface area (Å²) in [5, 5.41) is 3.74. The van der Waals surface area contributed by atoms with E-state index >= 15 is 0 Å². The van der Waals surface area contributed by atoms with Gasteiger partial charge in [-0.05, 0) is 42.7 Å². The maximum atomic E-state index is 12.8. The van der Waals surface area contributed by atoms with Crippen LogP contribution < -0.4 is 10.1 Å². The van der Waals surface area contributed by atoms with Crippen LogP contribution in [0.2, 0.25) is 0 Å². The van der Waals surface area contributed by atoms with Crippen molar-refractivity contribution in [3.63, 3.8) is 0 Å². The van der Waals surface area contributed by atoms with Gasteiger partial charge in [-0.15, -0.1) is 0 Å². The van der Waals surface area contributed by atoms with Crippen molar-refractivity contribution in [3.05, 3.63) is 41.3 Å². The molecule has 0 radical (unpaired) electrons. The number of aromatic nitrogens is 1. The van der Waals surface area contributed by atoms with Crippen LogP contribution in [0.1, 0.15) is 16.1 Å². The first-order chi connectivity index (χ1) is 10.5. The van der Waals surface area contributed by atoms with Crippen LogP contribution in [0.5, 0.6) is 5.75 Å². The quantitative estimate of drug-likeness (QED) is 0.888. The van der Waals surface area contributed by atoms with E-state index in [0.29, 0.717) is 30.2 Å². The van der Waals surface area contributed by atoms with Gasteiger partial charge >= 0.3 is 0 Å². The molecule has 0 aliphatic heterocycles. The summed E-state index contributed by atoms with van der Waals surface area (Å²) >= 11 is 1.27. The molecule has 1 amide bonds. The fourth-order valence-corrected chi connectivity index (χ4v) is 2.65. The topological polar surface area (TPSA) is 54.5 Å². The summed E-state index contributed by atoms with van der Waals surface area (Å²) in [5.74, 6) is 0.171. The molecule has 0 aliphatic rings. The molecule has 0 saturated carbocycles. The van der Waals surface area contributed by atoms with Gasteiger partial charge < -0.3 is 15.0 Å². The number of ether oxygens (including phenoxy) is 1. The van der Waals surface area contributed by atoms with Crippen molar-refractivity contribution < 1.29 is 13.9 Å². The van der Waals surface area contributed by atoms with Crippen LogP contribution in [0.25, 0.3) is 0 Å². The Kier molecular flexibility index (Phi) is 5.32. The van der Waals surface area contributed by atoms with E-state index in [0.717, 1.165) is 5.00 Å². The molecular formula is C15H18FN3O2S. The van der Waals surface area contributed by atoms with Crippen LogP contribution in [0, 0.1) is 12.7 Å². The number of hydrogen-bond donors (Lipinski definition) is 1. The highest BCUT2D eigenvalue weighted by molar-refractivity contribution is 7.10. The molecule has 0 bridgehead atoms. The highest BCUT2D eigenvalue weighted by atomic mass is 32.1. The largest absolute Gasteiger partial charge is 0.492 e. The monoisotopic (exact) mass is 323 g/mol. The number of carbonyl (C=O) groups is 1. The number of carbonyl (C=O) groups excluding carboxylic acids is 1. The van der Waals surface area contributed by atoms with Gasteiger partial charge in [0.05, 0.1) is 17.8 Å². The van der Waals surface area contributed by atoms with Gasteiger partial charge in [-0.1, -0.05) is 0 Å². The van der Waals surface area contributed by atoms with Crippen LogP contribution >= 0.6 is 11.5 Å². The minimum atomic E-state index is -0.306. The number of nitrogens with one attached hydrogen (secondary N) is 1. The standard InChI is InChI=1S/C15H18FN3O2S/c1-10-13(14(17-2)22-18-10)15(20)19(3)8-9-21-12-6-4-11(16)5-7-12/h4-7,17H,8-9H2,1-3H3. The molecule has 0 fully saturated rings. The molecule has 1 aromatic carbocycles. The van der Waals surface area contributed by atoms with Gasteiger partial charge in [0.15, 0.2) is 0 Å². The third kappa shape index (κ3) is 3.73. The zero-order valence-electron chi connectivity index (χ0n) is 12.7.